The Kier molecular flexibility index (Phi) is 9.36. The number of likely N-dealkylation sites (tertiary alicyclic amines) is 1. The maximum atomic E-state index is 12.4. The lowest BCUT2D eigenvalue weighted by Crippen LogP contribution is -2.54. The van der Waals surface area contributed by atoms with Crippen molar-refractivity contribution >= 4 is 17.6 Å². The monoisotopic (exact) mass is 392 g/mol. The van der Waals surface area contributed by atoms with Crippen LogP contribution in [0.2, 0.25) is 5.02 Å². The fourth-order valence-corrected chi connectivity index (χ4v) is 4.01. The third-order valence-electron chi connectivity index (χ3n) is 5.49. The van der Waals surface area contributed by atoms with Crippen molar-refractivity contribution in [2.75, 3.05) is 32.8 Å². The van der Waals surface area contributed by atoms with E-state index in [0.29, 0.717) is 13.2 Å². The number of quaternary nitrogens is 1. The summed E-state index contributed by atoms with van der Waals surface area (Å²) >= 11 is 6.29. The second-order valence-corrected chi connectivity index (χ2v) is 8.34. The number of carbonyl (C=O) groups is 1. The second kappa shape index (κ2) is 11.5. The van der Waals surface area contributed by atoms with Crippen LogP contribution in [-0.4, -0.2) is 43.2 Å². The van der Waals surface area contributed by atoms with Crippen LogP contribution in [0.3, 0.4) is 0 Å². The maximum Gasteiger partial charge on any atom is 0.361 e. The zero-order valence-corrected chi connectivity index (χ0v) is 17.8. The van der Waals surface area contributed by atoms with Gasteiger partial charge in [0.05, 0.1) is 26.2 Å². The standard InChI is InChI=1S/C23H35ClNO2/c1-3-4-10-17-27-23(26)19-25(14-8-5-9-15-25)16-13-20(2)18-21-11-6-7-12-22(21)24/h6-7,11-13H,3-5,8-10,14-19H2,1-2H3/q+1. The van der Waals surface area contributed by atoms with Gasteiger partial charge in [0, 0.05) is 5.02 Å². The highest BCUT2D eigenvalue weighted by Crippen LogP contribution is 2.22. The maximum absolute atomic E-state index is 12.4. The average molecular weight is 393 g/mol. The highest BCUT2D eigenvalue weighted by atomic mass is 35.5. The van der Waals surface area contributed by atoms with Crippen LogP contribution >= 0.6 is 11.6 Å². The number of hydrogen-bond donors (Lipinski definition) is 0. The largest absolute Gasteiger partial charge is 0.462 e. The Morgan fingerprint density at radius 1 is 1.19 bits per heavy atom. The first-order chi connectivity index (χ1) is 13.0. The van der Waals surface area contributed by atoms with E-state index in [1.54, 1.807) is 0 Å². The van der Waals surface area contributed by atoms with Crippen molar-refractivity contribution in [3.8, 4) is 0 Å². The number of unbranched alkanes of at least 4 members (excludes halogenated alkanes) is 2. The smallest absolute Gasteiger partial charge is 0.361 e. The van der Waals surface area contributed by atoms with Gasteiger partial charge in [-0.05, 0) is 56.7 Å². The summed E-state index contributed by atoms with van der Waals surface area (Å²) in [7, 11) is 0. The Hall–Kier alpha value is -1.32. The molecule has 0 atom stereocenters. The van der Waals surface area contributed by atoms with Gasteiger partial charge in [-0.25, -0.2) is 4.79 Å². The molecule has 0 aliphatic carbocycles. The zero-order chi connectivity index (χ0) is 19.5. The molecule has 0 bridgehead atoms. The fourth-order valence-electron chi connectivity index (χ4n) is 3.81. The van der Waals surface area contributed by atoms with Gasteiger partial charge in [0.1, 0.15) is 0 Å². The summed E-state index contributed by atoms with van der Waals surface area (Å²) in [5, 5.41) is 0.822. The summed E-state index contributed by atoms with van der Waals surface area (Å²) in [5.74, 6) is -0.0369. The van der Waals surface area contributed by atoms with Gasteiger partial charge in [-0.1, -0.05) is 55.1 Å². The molecule has 150 valence electrons. The number of rotatable bonds is 10. The van der Waals surface area contributed by atoms with Crippen LogP contribution in [0.25, 0.3) is 0 Å². The highest BCUT2D eigenvalue weighted by Gasteiger charge is 2.32. The molecule has 3 nitrogen and oxygen atoms in total. The molecule has 1 heterocycles. The molecule has 0 saturated carbocycles. The molecular formula is C23H35ClNO2+. The quantitative estimate of drug-likeness (QED) is 0.225. The van der Waals surface area contributed by atoms with Crippen molar-refractivity contribution in [3.05, 3.63) is 46.5 Å². The van der Waals surface area contributed by atoms with Crippen molar-refractivity contribution in [3.63, 3.8) is 0 Å². The number of hydrogen-bond acceptors (Lipinski definition) is 2. The number of ether oxygens (including phenoxy) is 1. The van der Waals surface area contributed by atoms with Crippen LogP contribution < -0.4 is 0 Å². The van der Waals surface area contributed by atoms with Gasteiger partial charge >= 0.3 is 5.97 Å². The number of benzene rings is 1. The topological polar surface area (TPSA) is 26.3 Å². The Labute approximate surface area is 169 Å². The minimum absolute atomic E-state index is 0.0369. The van der Waals surface area contributed by atoms with Gasteiger partial charge in [-0.3, -0.25) is 0 Å². The molecule has 2 rings (SSSR count). The molecule has 0 spiro atoms. The van der Waals surface area contributed by atoms with E-state index in [1.807, 2.05) is 18.2 Å². The molecule has 1 aliphatic rings. The van der Waals surface area contributed by atoms with Crippen LogP contribution in [0, 0.1) is 0 Å². The van der Waals surface area contributed by atoms with Crippen LogP contribution in [0.1, 0.15) is 57.9 Å². The van der Waals surface area contributed by atoms with E-state index in [0.717, 1.165) is 60.4 Å². The first kappa shape index (κ1) is 22.0. The molecule has 1 aromatic carbocycles. The molecule has 4 heteroatoms. The minimum Gasteiger partial charge on any atom is -0.462 e. The number of allylic oxidation sites excluding steroid dienone is 1. The van der Waals surface area contributed by atoms with E-state index in [1.165, 1.54) is 24.8 Å². The van der Waals surface area contributed by atoms with Crippen molar-refractivity contribution in [2.24, 2.45) is 0 Å². The lowest BCUT2D eigenvalue weighted by molar-refractivity contribution is -0.920. The Balaban J connectivity index is 1.94. The van der Waals surface area contributed by atoms with E-state index in [9.17, 15) is 4.79 Å². The molecule has 0 unspecified atom stereocenters. The summed E-state index contributed by atoms with van der Waals surface area (Å²) in [6.45, 7) is 8.43. The molecule has 0 radical (unpaired) electrons. The summed E-state index contributed by atoms with van der Waals surface area (Å²) in [5.41, 5.74) is 2.47. The average Bonchev–Trinajstić information content (AvgIpc) is 2.66. The molecule has 1 aliphatic heterocycles. The Morgan fingerprint density at radius 3 is 2.63 bits per heavy atom. The molecule has 0 aromatic heterocycles. The zero-order valence-electron chi connectivity index (χ0n) is 17.0. The van der Waals surface area contributed by atoms with Gasteiger partial charge in [0.25, 0.3) is 0 Å². The first-order valence-electron chi connectivity index (χ1n) is 10.4. The third-order valence-corrected chi connectivity index (χ3v) is 5.86. The van der Waals surface area contributed by atoms with E-state index in [4.69, 9.17) is 16.3 Å². The summed E-state index contributed by atoms with van der Waals surface area (Å²) in [6.07, 6.45) is 10.1. The minimum atomic E-state index is -0.0369. The van der Waals surface area contributed by atoms with Crippen molar-refractivity contribution < 1.29 is 14.0 Å². The Bertz CT molecular complexity index is 621. The molecule has 1 aromatic rings. The van der Waals surface area contributed by atoms with Crippen LogP contribution in [0.5, 0.6) is 0 Å². The van der Waals surface area contributed by atoms with Crippen LogP contribution in [-0.2, 0) is 16.0 Å². The predicted octanol–water partition coefficient (Wildman–Crippen LogP) is 5.56. The number of halogens is 1. The SMILES string of the molecule is CCCCCOC(=O)C[N+]1(CC=C(C)Cc2ccccc2Cl)CCCCC1. The fraction of sp³-hybridized carbons (Fsp3) is 0.609. The van der Waals surface area contributed by atoms with Crippen molar-refractivity contribution in [1.82, 2.24) is 0 Å². The van der Waals surface area contributed by atoms with Crippen LogP contribution in [0.15, 0.2) is 35.9 Å². The van der Waals surface area contributed by atoms with Gasteiger partial charge in [-0.15, -0.1) is 0 Å². The summed E-state index contributed by atoms with van der Waals surface area (Å²) in [4.78, 5) is 12.4. The van der Waals surface area contributed by atoms with Crippen LogP contribution in [0.4, 0.5) is 0 Å². The summed E-state index contributed by atoms with van der Waals surface area (Å²) in [6, 6.07) is 8.02. The van der Waals surface area contributed by atoms with E-state index in [-0.39, 0.29) is 5.97 Å². The lowest BCUT2D eigenvalue weighted by atomic mass is 10.0. The normalized spacial score (nSPS) is 16.9. The van der Waals surface area contributed by atoms with E-state index >= 15 is 0 Å². The van der Waals surface area contributed by atoms with Gasteiger partial charge < -0.3 is 9.22 Å². The molecule has 1 fully saturated rings. The molecule has 0 amide bonds. The third kappa shape index (κ3) is 7.67. The molecular weight excluding hydrogens is 358 g/mol. The van der Waals surface area contributed by atoms with Crippen molar-refractivity contribution in [2.45, 2.75) is 58.8 Å². The van der Waals surface area contributed by atoms with Gasteiger partial charge in [0.15, 0.2) is 6.54 Å². The van der Waals surface area contributed by atoms with Gasteiger partial charge in [-0.2, -0.15) is 0 Å². The lowest BCUT2D eigenvalue weighted by Gasteiger charge is -2.40. The van der Waals surface area contributed by atoms with E-state index < -0.39 is 0 Å². The molecule has 1 saturated heterocycles. The number of esters is 1. The molecule has 0 N–H and O–H groups in total. The second-order valence-electron chi connectivity index (χ2n) is 7.94. The number of nitrogens with zero attached hydrogens (tertiary/aromatic N) is 1. The van der Waals surface area contributed by atoms with E-state index in [2.05, 4.69) is 26.0 Å². The first-order valence-corrected chi connectivity index (χ1v) is 10.8. The number of carbonyl (C=O) groups excluding carboxylic acids is 1. The van der Waals surface area contributed by atoms with Gasteiger partial charge in [0.2, 0.25) is 0 Å². The Morgan fingerprint density at radius 2 is 1.93 bits per heavy atom. The summed E-state index contributed by atoms with van der Waals surface area (Å²) < 4.78 is 6.34. The predicted molar refractivity (Wildman–Crippen MR) is 113 cm³/mol. The highest BCUT2D eigenvalue weighted by molar-refractivity contribution is 6.31. The number of piperidine rings is 1. The molecule has 27 heavy (non-hydrogen) atoms. The van der Waals surface area contributed by atoms with Crippen molar-refractivity contribution in [1.29, 1.82) is 0 Å².